The minimum Gasteiger partial charge on any atom is -0.369 e. The topological polar surface area (TPSA) is 49.6 Å². The number of amides is 1. The molecule has 0 radical (unpaired) electrons. The molecular weight excluding hydrogens is 178 g/mol. The van der Waals surface area contributed by atoms with E-state index in [-0.39, 0.29) is 11.8 Å². The maximum absolute atomic E-state index is 11.0. The lowest BCUT2D eigenvalue weighted by Crippen LogP contribution is -2.59. The summed E-state index contributed by atoms with van der Waals surface area (Å²) >= 11 is 0. The molecule has 1 amide bonds. The lowest BCUT2D eigenvalue weighted by molar-refractivity contribution is -0.123. The highest BCUT2D eigenvalue weighted by Gasteiger charge is 2.32. The highest BCUT2D eigenvalue weighted by molar-refractivity contribution is 5.76. The molecule has 2 aliphatic heterocycles. The molecular formula is C10H19N3O. The van der Waals surface area contributed by atoms with Crippen molar-refractivity contribution in [1.82, 2.24) is 9.80 Å². The molecule has 0 aromatic rings. The van der Waals surface area contributed by atoms with E-state index >= 15 is 0 Å². The summed E-state index contributed by atoms with van der Waals surface area (Å²) in [5.74, 6) is 0.0134. The van der Waals surface area contributed by atoms with Crippen LogP contribution in [-0.2, 0) is 4.79 Å². The summed E-state index contributed by atoms with van der Waals surface area (Å²) in [5, 5.41) is 0. The quantitative estimate of drug-likeness (QED) is 0.649. The van der Waals surface area contributed by atoms with E-state index < -0.39 is 0 Å². The summed E-state index contributed by atoms with van der Waals surface area (Å²) in [5.41, 5.74) is 5.29. The monoisotopic (exact) mass is 197 g/mol. The lowest BCUT2D eigenvalue weighted by Gasteiger charge is -2.46. The first-order valence-electron chi connectivity index (χ1n) is 5.38. The van der Waals surface area contributed by atoms with Gasteiger partial charge in [-0.2, -0.15) is 0 Å². The Kier molecular flexibility index (Phi) is 2.74. The number of nitrogens with two attached hydrogens (primary N) is 1. The molecule has 2 fully saturated rings. The van der Waals surface area contributed by atoms with E-state index in [4.69, 9.17) is 5.73 Å². The smallest absolute Gasteiger partial charge is 0.220 e. The molecule has 2 heterocycles. The van der Waals surface area contributed by atoms with Crippen LogP contribution in [-0.4, -0.2) is 55.0 Å². The zero-order valence-corrected chi connectivity index (χ0v) is 8.78. The van der Waals surface area contributed by atoms with Crippen LogP contribution in [0.2, 0.25) is 0 Å². The van der Waals surface area contributed by atoms with Crippen molar-refractivity contribution in [3.8, 4) is 0 Å². The average Bonchev–Trinajstić information content (AvgIpc) is 2.13. The van der Waals surface area contributed by atoms with Gasteiger partial charge in [-0.25, -0.2) is 0 Å². The zero-order valence-electron chi connectivity index (χ0n) is 8.78. The van der Waals surface area contributed by atoms with Gasteiger partial charge in [-0.1, -0.05) is 0 Å². The highest BCUT2D eigenvalue weighted by Crippen LogP contribution is 2.21. The van der Waals surface area contributed by atoms with Crippen molar-refractivity contribution < 1.29 is 4.79 Å². The van der Waals surface area contributed by atoms with Crippen LogP contribution in [0.1, 0.15) is 12.8 Å². The molecule has 80 valence electrons. The van der Waals surface area contributed by atoms with Gasteiger partial charge >= 0.3 is 0 Å². The standard InChI is InChI=1S/C10H19N3O/c1-12-6-9(7-12)13-4-2-8(3-5-13)10(11)14/h8-9H,2-7H2,1H3,(H2,11,14). The maximum Gasteiger partial charge on any atom is 0.220 e. The Bertz CT molecular complexity index is 217. The van der Waals surface area contributed by atoms with Crippen molar-refractivity contribution in [2.45, 2.75) is 18.9 Å². The number of carbonyl (C=O) groups excluding carboxylic acids is 1. The van der Waals surface area contributed by atoms with Gasteiger partial charge in [-0.15, -0.1) is 0 Å². The molecule has 0 atom stereocenters. The van der Waals surface area contributed by atoms with Gasteiger partial charge in [0.25, 0.3) is 0 Å². The van der Waals surface area contributed by atoms with Crippen molar-refractivity contribution >= 4 is 5.91 Å². The van der Waals surface area contributed by atoms with Crippen LogP contribution in [0.25, 0.3) is 0 Å². The summed E-state index contributed by atoms with van der Waals surface area (Å²) in [6.07, 6.45) is 1.91. The first-order valence-corrected chi connectivity index (χ1v) is 5.38. The molecule has 0 aromatic heterocycles. The molecule has 2 rings (SSSR count). The van der Waals surface area contributed by atoms with Gasteiger partial charge in [0.1, 0.15) is 0 Å². The summed E-state index contributed by atoms with van der Waals surface area (Å²) in [6.45, 7) is 4.46. The average molecular weight is 197 g/mol. The predicted octanol–water partition coefficient (Wildman–Crippen LogP) is -0.502. The molecule has 2 N–H and O–H groups in total. The molecule has 4 nitrogen and oxygen atoms in total. The fourth-order valence-corrected chi connectivity index (χ4v) is 2.45. The molecule has 2 aliphatic rings. The second kappa shape index (κ2) is 3.87. The van der Waals surface area contributed by atoms with Crippen molar-refractivity contribution in [2.24, 2.45) is 11.7 Å². The molecule has 0 bridgehead atoms. The van der Waals surface area contributed by atoms with E-state index in [0.717, 1.165) is 32.0 Å². The molecule has 0 aliphatic carbocycles. The van der Waals surface area contributed by atoms with E-state index in [1.807, 2.05) is 0 Å². The Morgan fingerprint density at radius 3 is 2.29 bits per heavy atom. The van der Waals surface area contributed by atoms with Crippen molar-refractivity contribution in [3.63, 3.8) is 0 Å². The van der Waals surface area contributed by atoms with Gasteiger partial charge in [-0.3, -0.25) is 9.69 Å². The van der Waals surface area contributed by atoms with Crippen molar-refractivity contribution in [1.29, 1.82) is 0 Å². The third kappa shape index (κ3) is 1.91. The van der Waals surface area contributed by atoms with Crippen LogP contribution in [0.4, 0.5) is 0 Å². The Labute approximate surface area is 85.0 Å². The van der Waals surface area contributed by atoms with Gasteiger partial charge in [0.2, 0.25) is 5.91 Å². The van der Waals surface area contributed by atoms with Gasteiger partial charge in [0.05, 0.1) is 0 Å². The number of hydrogen-bond donors (Lipinski definition) is 1. The Morgan fingerprint density at radius 1 is 1.29 bits per heavy atom. The van der Waals surface area contributed by atoms with Crippen LogP contribution >= 0.6 is 0 Å². The first-order chi connectivity index (χ1) is 6.66. The van der Waals surface area contributed by atoms with Gasteiger partial charge in [-0.05, 0) is 33.0 Å². The normalized spacial score (nSPS) is 27.5. The van der Waals surface area contributed by atoms with E-state index in [9.17, 15) is 4.79 Å². The number of primary amides is 1. The lowest BCUT2D eigenvalue weighted by atomic mass is 9.94. The van der Waals surface area contributed by atoms with E-state index in [1.54, 1.807) is 0 Å². The van der Waals surface area contributed by atoms with Gasteiger partial charge in [0.15, 0.2) is 0 Å². The van der Waals surface area contributed by atoms with Crippen molar-refractivity contribution in [2.75, 3.05) is 33.2 Å². The Morgan fingerprint density at radius 2 is 1.86 bits per heavy atom. The van der Waals surface area contributed by atoms with Gasteiger partial charge in [0, 0.05) is 25.0 Å². The van der Waals surface area contributed by atoms with Crippen LogP contribution in [0.15, 0.2) is 0 Å². The van der Waals surface area contributed by atoms with E-state index in [1.165, 1.54) is 13.1 Å². The number of rotatable bonds is 2. The van der Waals surface area contributed by atoms with E-state index in [2.05, 4.69) is 16.8 Å². The van der Waals surface area contributed by atoms with E-state index in [0.29, 0.717) is 0 Å². The third-order valence-electron chi connectivity index (χ3n) is 3.49. The minimum absolute atomic E-state index is 0.115. The molecule has 0 spiro atoms. The Hall–Kier alpha value is -0.610. The molecule has 2 saturated heterocycles. The third-order valence-corrected chi connectivity index (χ3v) is 3.49. The maximum atomic E-state index is 11.0. The highest BCUT2D eigenvalue weighted by atomic mass is 16.1. The van der Waals surface area contributed by atoms with Crippen molar-refractivity contribution in [3.05, 3.63) is 0 Å². The number of nitrogens with zero attached hydrogens (tertiary/aromatic N) is 2. The molecule has 14 heavy (non-hydrogen) atoms. The number of likely N-dealkylation sites (tertiary alicyclic amines) is 2. The zero-order chi connectivity index (χ0) is 10.1. The predicted molar refractivity (Wildman–Crippen MR) is 54.8 cm³/mol. The first kappa shape index (κ1) is 9.93. The second-order valence-corrected chi connectivity index (χ2v) is 4.59. The molecule has 4 heteroatoms. The summed E-state index contributed by atoms with van der Waals surface area (Å²) in [6, 6.07) is 0.730. The largest absolute Gasteiger partial charge is 0.369 e. The number of piperidine rings is 1. The summed E-state index contributed by atoms with van der Waals surface area (Å²) < 4.78 is 0. The molecule has 0 aromatic carbocycles. The summed E-state index contributed by atoms with van der Waals surface area (Å²) in [4.78, 5) is 15.8. The van der Waals surface area contributed by atoms with Crippen LogP contribution in [0.3, 0.4) is 0 Å². The SMILES string of the molecule is CN1CC(N2CCC(C(N)=O)CC2)C1. The molecule has 0 unspecified atom stereocenters. The Balaban J connectivity index is 1.76. The van der Waals surface area contributed by atoms with Crippen LogP contribution in [0.5, 0.6) is 0 Å². The van der Waals surface area contributed by atoms with Gasteiger partial charge < -0.3 is 10.6 Å². The number of likely N-dealkylation sites (N-methyl/N-ethyl adjacent to an activating group) is 1. The summed E-state index contributed by atoms with van der Waals surface area (Å²) in [7, 11) is 2.15. The fraction of sp³-hybridized carbons (Fsp3) is 0.900. The fourth-order valence-electron chi connectivity index (χ4n) is 2.45. The van der Waals surface area contributed by atoms with Crippen LogP contribution in [0, 0.1) is 5.92 Å². The molecule has 0 saturated carbocycles. The number of carbonyl (C=O) groups is 1. The second-order valence-electron chi connectivity index (χ2n) is 4.59. The minimum atomic E-state index is -0.115. The van der Waals surface area contributed by atoms with Crippen LogP contribution < -0.4 is 5.73 Å². The number of hydrogen-bond acceptors (Lipinski definition) is 3.